The Morgan fingerprint density at radius 3 is 2.23 bits per heavy atom. The second-order valence-electron chi connectivity index (χ2n) is 6.30. The predicted octanol–water partition coefficient (Wildman–Crippen LogP) is 3.65. The molecule has 0 saturated heterocycles. The first-order valence-corrected chi connectivity index (χ1v) is 8.32. The highest BCUT2D eigenvalue weighted by atomic mass is 16.5. The molecule has 0 spiro atoms. The van der Waals surface area contributed by atoms with Crippen molar-refractivity contribution in [3.8, 4) is 5.75 Å². The summed E-state index contributed by atoms with van der Waals surface area (Å²) in [6.45, 7) is 6.26. The topological polar surface area (TPSA) is 87.7 Å². The molecule has 138 valence electrons. The number of nitrogens with one attached hydrogen (secondary N) is 2. The summed E-state index contributed by atoms with van der Waals surface area (Å²) < 4.78 is 6.00. The van der Waals surface area contributed by atoms with E-state index in [1.165, 1.54) is 0 Å². The van der Waals surface area contributed by atoms with E-state index in [0.29, 0.717) is 12.3 Å². The van der Waals surface area contributed by atoms with Crippen LogP contribution in [0.25, 0.3) is 0 Å². The highest BCUT2D eigenvalue weighted by Crippen LogP contribution is 2.28. The Morgan fingerprint density at radius 1 is 1.00 bits per heavy atom. The Hall–Kier alpha value is -3.02. The molecule has 0 atom stereocenters. The summed E-state index contributed by atoms with van der Waals surface area (Å²) in [7, 11) is 1.88. The van der Waals surface area contributed by atoms with E-state index < -0.39 is 18.3 Å². The number of aliphatic carboxylic acids is 1. The minimum Gasteiger partial charge on any atom is -0.488 e. The van der Waals surface area contributed by atoms with Gasteiger partial charge in [0.15, 0.2) is 0 Å². The normalized spacial score (nSPS) is 10.3. The van der Waals surface area contributed by atoms with Gasteiger partial charge in [0, 0.05) is 18.4 Å². The zero-order valence-electron chi connectivity index (χ0n) is 15.5. The minimum atomic E-state index is -1.16. The van der Waals surface area contributed by atoms with Gasteiger partial charge in [0.2, 0.25) is 5.91 Å². The van der Waals surface area contributed by atoms with Crippen LogP contribution in [0, 0.1) is 20.8 Å². The number of benzene rings is 2. The van der Waals surface area contributed by atoms with Crippen molar-refractivity contribution >= 4 is 23.3 Å². The van der Waals surface area contributed by atoms with E-state index in [9.17, 15) is 9.59 Å². The first kappa shape index (κ1) is 19.3. The van der Waals surface area contributed by atoms with Gasteiger partial charge in [0.25, 0.3) is 0 Å². The molecule has 0 fully saturated rings. The van der Waals surface area contributed by atoms with Crippen LogP contribution in [0.1, 0.15) is 28.7 Å². The number of hydrogen-bond acceptors (Lipinski definition) is 4. The summed E-state index contributed by atoms with van der Waals surface area (Å²) in [6, 6.07) is 9.73. The van der Waals surface area contributed by atoms with Crippen molar-refractivity contribution in [2.75, 3.05) is 17.7 Å². The maximum absolute atomic E-state index is 11.6. The Kier molecular flexibility index (Phi) is 6.22. The molecule has 0 radical (unpaired) electrons. The molecule has 0 aliphatic rings. The molecule has 2 rings (SSSR count). The fourth-order valence-corrected chi connectivity index (χ4v) is 2.84. The summed E-state index contributed by atoms with van der Waals surface area (Å²) in [5.74, 6) is -0.951. The van der Waals surface area contributed by atoms with Gasteiger partial charge in [-0.2, -0.15) is 0 Å². The molecular weight excluding hydrogens is 332 g/mol. The summed E-state index contributed by atoms with van der Waals surface area (Å²) >= 11 is 0. The van der Waals surface area contributed by atoms with E-state index in [0.717, 1.165) is 33.7 Å². The number of anilines is 2. The fraction of sp³-hybridized carbons (Fsp3) is 0.300. The highest BCUT2D eigenvalue weighted by molar-refractivity contribution is 6.01. The van der Waals surface area contributed by atoms with Crippen molar-refractivity contribution in [3.05, 3.63) is 52.6 Å². The van der Waals surface area contributed by atoms with E-state index in [4.69, 9.17) is 9.84 Å². The second kappa shape index (κ2) is 8.38. The van der Waals surface area contributed by atoms with E-state index in [1.807, 2.05) is 33.9 Å². The lowest BCUT2D eigenvalue weighted by molar-refractivity contribution is -0.139. The lowest BCUT2D eigenvalue weighted by Crippen LogP contribution is -2.16. The Bertz CT molecular complexity index is 808. The van der Waals surface area contributed by atoms with Gasteiger partial charge in [-0.05, 0) is 67.3 Å². The zero-order chi connectivity index (χ0) is 19.3. The molecule has 0 bridgehead atoms. The average molecular weight is 356 g/mol. The van der Waals surface area contributed by atoms with Crippen molar-refractivity contribution in [2.45, 2.75) is 33.8 Å². The highest BCUT2D eigenvalue weighted by Gasteiger charge is 2.11. The Labute approximate surface area is 153 Å². The molecule has 2 aromatic carbocycles. The lowest BCUT2D eigenvalue weighted by atomic mass is 10.1. The Balaban J connectivity index is 2.12. The molecule has 6 heteroatoms. The average Bonchev–Trinajstić information content (AvgIpc) is 2.52. The van der Waals surface area contributed by atoms with E-state index in [2.05, 4.69) is 22.8 Å². The van der Waals surface area contributed by atoms with Gasteiger partial charge in [-0.25, -0.2) is 0 Å². The molecule has 0 heterocycles. The molecule has 1 amide bonds. The van der Waals surface area contributed by atoms with Crippen LogP contribution in [-0.4, -0.2) is 24.0 Å². The summed E-state index contributed by atoms with van der Waals surface area (Å²) in [6.07, 6.45) is -0.558. The van der Waals surface area contributed by atoms with Gasteiger partial charge in [0.05, 0.1) is 0 Å². The van der Waals surface area contributed by atoms with Crippen LogP contribution in [0.4, 0.5) is 11.4 Å². The van der Waals surface area contributed by atoms with Gasteiger partial charge in [-0.3, -0.25) is 9.59 Å². The number of carbonyl (C=O) groups is 2. The molecule has 26 heavy (non-hydrogen) atoms. The summed E-state index contributed by atoms with van der Waals surface area (Å²) in [5.41, 5.74) is 5.56. The fourth-order valence-electron chi connectivity index (χ4n) is 2.84. The van der Waals surface area contributed by atoms with E-state index in [-0.39, 0.29) is 0 Å². The number of carbonyl (C=O) groups excluding carboxylic acids is 1. The summed E-state index contributed by atoms with van der Waals surface area (Å²) in [5, 5.41) is 14.4. The van der Waals surface area contributed by atoms with Gasteiger partial charge >= 0.3 is 5.97 Å². The number of carboxylic acid groups (broad SMARTS) is 1. The van der Waals surface area contributed by atoms with Crippen LogP contribution in [0.3, 0.4) is 0 Å². The predicted molar refractivity (Wildman–Crippen MR) is 102 cm³/mol. The van der Waals surface area contributed by atoms with Crippen LogP contribution >= 0.6 is 0 Å². The first-order chi connectivity index (χ1) is 12.3. The number of aryl methyl sites for hydroxylation is 3. The van der Waals surface area contributed by atoms with Crippen molar-refractivity contribution < 1.29 is 19.4 Å². The lowest BCUT2D eigenvalue weighted by Gasteiger charge is -2.15. The molecule has 6 nitrogen and oxygen atoms in total. The van der Waals surface area contributed by atoms with Crippen molar-refractivity contribution in [3.63, 3.8) is 0 Å². The maximum atomic E-state index is 11.6. The number of hydrogen-bond donors (Lipinski definition) is 3. The van der Waals surface area contributed by atoms with Crippen molar-refractivity contribution in [1.82, 2.24) is 0 Å². The molecule has 0 aliphatic heterocycles. The maximum Gasteiger partial charge on any atom is 0.312 e. The molecular formula is C20H24N2O4. The molecule has 0 saturated carbocycles. The van der Waals surface area contributed by atoms with Crippen LogP contribution in [0.15, 0.2) is 30.3 Å². The van der Waals surface area contributed by atoms with Crippen LogP contribution in [0.2, 0.25) is 0 Å². The van der Waals surface area contributed by atoms with Crippen LogP contribution in [0.5, 0.6) is 5.75 Å². The van der Waals surface area contributed by atoms with E-state index in [1.54, 1.807) is 12.1 Å². The summed E-state index contributed by atoms with van der Waals surface area (Å²) in [4.78, 5) is 22.2. The van der Waals surface area contributed by atoms with Gasteiger partial charge in [-0.15, -0.1) is 0 Å². The van der Waals surface area contributed by atoms with E-state index >= 15 is 0 Å². The largest absolute Gasteiger partial charge is 0.488 e. The number of ether oxygens (including phenoxy) is 1. The molecule has 0 aromatic heterocycles. The molecule has 0 aliphatic carbocycles. The standard InChI is InChI=1S/C20H24N2O4/c1-12-5-15(9-16(6-12)21-4)11-26-20-13(2)7-17(8-14(20)3)22-18(23)10-19(24)25/h5-9,21H,10-11H2,1-4H3,(H,22,23)(H,24,25). The smallest absolute Gasteiger partial charge is 0.312 e. The number of carboxylic acids is 1. The van der Waals surface area contributed by atoms with Gasteiger partial charge in [-0.1, -0.05) is 6.07 Å². The van der Waals surface area contributed by atoms with Crippen molar-refractivity contribution in [1.29, 1.82) is 0 Å². The minimum absolute atomic E-state index is 0.433. The van der Waals surface area contributed by atoms with Crippen LogP contribution < -0.4 is 15.4 Å². The Morgan fingerprint density at radius 2 is 1.65 bits per heavy atom. The monoisotopic (exact) mass is 356 g/mol. The SMILES string of the molecule is CNc1cc(C)cc(COc2c(C)cc(NC(=O)CC(=O)O)cc2C)c1. The quantitative estimate of drug-likeness (QED) is 0.659. The number of rotatable bonds is 7. The third-order valence-electron chi connectivity index (χ3n) is 3.86. The third-order valence-corrected chi connectivity index (χ3v) is 3.86. The van der Waals surface area contributed by atoms with Crippen LogP contribution in [-0.2, 0) is 16.2 Å². The van der Waals surface area contributed by atoms with Crippen molar-refractivity contribution in [2.24, 2.45) is 0 Å². The van der Waals surface area contributed by atoms with Gasteiger partial charge < -0.3 is 20.5 Å². The molecule has 3 N–H and O–H groups in total. The second-order valence-corrected chi connectivity index (χ2v) is 6.30. The third kappa shape index (κ3) is 5.24. The first-order valence-electron chi connectivity index (χ1n) is 8.32. The number of amides is 1. The zero-order valence-corrected chi connectivity index (χ0v) is 15.5. The molecule has 0 unspecified atom stereocenters. The molecule has 2 aromatic rings. The van der Waals surface area contributed by atoms with Gasteiger partial charge in [0.1, 0.15) is 18.8 Å².